The Bertz CT molecular complexity index is 390. The average molecular weight is 250 g/mol. The highest BCUT2D eigenvalue weighted by Gasteiger charge is 2.20. The third-order valence-corrected chi connectivity index (χ3v) is 3.78. The number of hydrogen-bond acceptors (Lipinski definition) is 0. The minimum absolute atomic E-state index is 0.141. The fraction of sp³-hybridized carbons (Fsp3) is 0.500. The molecule has 1 saturated carbocycles. The molecule has 2 heteroatoms. The second-order valence-corrected chi connectivity index (χ2v) is 5.07. The Morgan fingerprint density at radius 3 is 2.61 bits per heavy atom. The normalized spacial score (nSPS) is 24.6. The highest BCUT2D eigenvalue weighted by atomic mass is 19.1. The maximum Gasteiger partial charge on any atom is 0.123 e. The summed E-state index contributed by atoms with van der Waals surface area (Å²) >= 11 is 0. The van der Waals surface area contributed by atoms with Gasteiger partial charge in [-0.3, -0.25) is 4.39 Å². The molecule has 0 N–H and O–H groups in total. The van der Waals surface area contributed by atoms with Crippen LogP contribution in [0.1, 0.15) is 43.6 Å². The van der Waals surface area contributed by atoms with Gasteiger partial charge in [0.25, 0.3) is 0 Å². The van der Waals surface area contributed by atoms with Crippen molar-refractivity contribution in [1.29, 1.82) is 0 Å². The van der Waals surface area contributed by atoms with Crippen molar-refractivity contribution in [3.05, 3.63) is 47.8 Å². The molecule has 0 spiro atoms. The highest BCUT2D eigenvalue weighted by Crippen LogP contribution is 2.36. The van der Waals surface area contributed by atoms with Crippen LogP contribution in [0.5, 0.6) is 0 Å². The first kappa shape index (κ1) is 13.3. The van der Waals surface area contributed by atoms with Gasteiger partial charge in [-0.25, -0.2) is 4.39 Å². The molecule has 98 valence electrons. The molecule has 0 saturated heterocycles. The summed E-state index contributed by atoms with van der Waals surface area (Å²) in [4.78, 5) is 0. The summed E-state index contributed by atoms with van der Waals surface area (Å²) in [5.74, 6) is 0.936. The standard InChI is InChI=1S/C16H20F2/c17-11-2-1-4-13-7-9-14(10-8-13)15-5-3-6-16(18)12-15/h1,3-6,12-14H,2,7-11H2/b4-1+. The molecule has 1 aromatic rings. The van der Waals surface area contributed by atoms with Crippen LogP contribution in [0, 0.1) is 11.7 Å². The van der Waals surface area contributed by atoms with E-state index in [9.17, 15) is 8.78 Å². The van der Waals surface area contributed by atoms with E-state index in [0.29, 0.717) is 18.3 Å². The molecule has 1 aromatic carbocycles. The third-order valence-electron chi connectivity index (χ3n) is 3.78. The van der Waals surface area contributed by atoms with E-state index in [0.717, 1.165) is 31.2 Å². The van der Waals surface area contributed by atoms with Crippen LogP contribution in [0.15, 0.2) is 36.4 Å². The smallest absolute Gasteiger partial charge is 0.123 e. The molecule has 0 heterocycles. The molecule has 0 bridgehead atoms. The van der Waals surface area contributed by atoms with Crippen LogP contribution in [-0.2, 0) is 0 Å². The van der Waals surface area contributed by atoms with Gasteiger partial charge in [0, 0.05) is 0 Å². The van der Waals surface area contributed by atoms with Gasteiger partial charge in [0.15, 0.2) is 0 Å². The summed E-state index contributed by atoms with van der Waals surface area (Å²) in [6.07, 6.45) is 9.11. The Balaban J connectivity index is 1.86. The number of benzene rings is 1. The molecule has 0 amide bonds. The van der Waals surface area contributed by atoms with Crippen LogP contribution in [-0.4, -0.2) is 6.67 Å². The van der Waals surface area contributed by atoms with Crippen molar-refractivity contribution < 1.29 is 8.78 Å². The highest BCUT2D eigenvalue weighted by molar-refractivity contribution is 5.21. The Morgan fingerprint density at radius 2 is 1.94 bits per heavy atom. The molecule has 1 aliphatic carbocycles. The predicted octanol–water partition coefficient (Wildman–Crippen LogP) is 5.02. The number of alkyl halides is 1. The van der Waals surface area contributed by atoms with Crippen molar-refractivity contribution in [2.75, 3.05) is 6.67 Å². The number of hydrogen-bond donors (Lipinski definition) is 0. The molecule has 0 atom stereocenters. The van der Waals surface area contributed by atoms with E-state index in [1.807, 2.05) is 12.1 Å². The summed E-state index contributed by atoms with van der Waals surface area (Å²) < 4.78 is 25.1. The van der Waals surface area contributed by atoms with Crippen LogP contribution in [0.3, 0.4) is 0 Å². The lowest BCUT2D eigenvalue weighted by molar-refractivity contribution is 0.374. The molecule has 1 fully saturated rings. The van der Waals surface area contributed by atoms with Gasteiger partial charge >= 0.3 is 0 Å². The average Bonchev–Trinajstić information content (AvgIpc) is 2.40. The van der Waals surface area contributed by atoms with Crippen LogP contribution in [0.25, 0.3) is 0 Å². The minimum atomic E-state index is -0.269. The summed E-state index contributed by atoms with van der Waals surface area (Å²) in [6.45, 7) is -0.269. The van der Waals surface area contributed by atoms with E-state index < -0.39 is 0 Å². The number of rotatable bonds is 4. The van der Waals surface area contributed by atoms with Crippen molar-refractivity contribution in [2.24, 2.45) is 5.92 Å². The molecule has 2 rings (SSSR count). The Labute approximate surface area is 108 Å². The Morgan fingerprint density at radius 1 is 1.17 bits per heavy atom. The topological polar surface area (TPSA) is 0 Å². The van der Waals surface area contributed by atoms with Crippen LogP contribution >= 0.6 is 0 Å². The van der Waals surface area contributed by atoms with Gasteiger partial charge in [-0.2, -0.15) is 0 Å². The van der Waals surface area contributed by atoms with Crippen LogP contribution in [0.4, 0.5) is 8.78 Å². The second-order valence-electron chi connectivity index (χ2n) is 5.07. The van der Waals surface area contributed by atoms with Crippen molar-refractivity contribution in [3.8, 4) is 0 Å². The first-order valence-corrected chi connectivity index (χ1v) is 6.77. The number of halogens is 2. The SMILES string of the molecule is FCC/C=C/C1CCC(c2cccc(F)c2)CC1. The lowest BCUT2D eigenvalue weighted by Gasteiger charge is -2.27. The maximum atomic E-state index is 13.2. The summed E-state index contributed by atoms with van der Waals surface area (Å²) in [5.41, 5.74) is 1.13. The van der Waals surface area contributed by atoms with Crippen LogP contribution in [0.2, 0.25) is 0 Å². The first-order chi connectivity index (χ1) is 8.79. The Kier molecular flexibility index (Phi) is 4.91. The molecule has 0 aliphatic heterocycles. The zero-order valence-corrected chi connectivity index (χ0v) is 10.6. The van der Waals surface area contributed by atoms with Gasteiger partial charge in [-0.1, -0.05) is 24.3 Å². The predicted molar refractivity (Wildman–Crippen MR) is 70.8 cm³/mol. The quantitative estimate of drug-likeness (QED) is 0.658. The van der Waals surface area contributed by atoms with Gasteiger partial charge < -0.3 is 0 Å². The van der Waals surface area contributed by atoms with Crippen molar-refractivity contribution in [3.63, 3.8) is 0 Å². The van der Waals surface area contributed by atoms with Crippen molar-refractivity contribution in [1.82, 2.24) is 0 Å². The molecular weight excluding hydrogens is 230 g/mol. The summed E-state index contributed by atoms with van der Waals surface area (Å²) in [7, 11) is 0. The van der Waals surface area contributed by atoms with Gasteiger partial charge in [0.2, 0.25) is 0 Å². The molecule has 18 heavy (non-hydrogen) atoms. The van der Waals surface area contributed by atoms with Crippen molar-refractivity contribution >= 4 is 0 Å². The van der Waals surface area contributed by atoms with E-state index in [2.05, 4.69) is 6.08 Å². The van der Waals surface area contributed by atoms with Crippen LogP contribution < -0.4 is 0 Å². The molecule has 0 radical (unpaired) electrons. The molecule has 0 nitrogen and oxygen atoms in total. The van der Waals surface area contributed by atoms with Gasteiger partial charge in [-0.15, -0.1) is 0 Å². The Hall–Kier alpha value is -1.18. The summed E-state index contributed by atoms with van der Waals surface area (Å²) in [5, 5.41) is 0. The lowest BCUT2D eigenvalue weighted by atomic mass is 9.78. The maximum absolute atomic E-state index is 13.2. The largest absolute Gasteiger partial charge is 0.251 e. The van der Waals surface area contributed by atoms with Gasteiger partial charge in [0.1, 0.15) is 5.82 Å². The molecule has 0 unspecified atom stereocenters. The zero-order chi connectivity index (χ0) is 12.8. The fourth-order valence-corrected chi connectivity index (χ4v) is 2.76. The number of allylic oxidation sites excluding steroid dienone is 2. The minimum Gasteiger partial charge on any atom is -0.251 e. The second kappa shape index (κ2) is 6.67. The van der Waals surface area contributed by atoms with Gasteiger partial charge in [0.05, 0.1) is 6.67 Å². The van der Waals surface area contributed by atoms with E-state index in [1.54, 1.807) is 12.1 Å². The molecule has 0 aromatic heterocycles. The van der Waals surface area contributed by atoms with Gasteiger partial charge in [-0.05, 0) is 61.6 Å². The van der Waals surface area contributed by atoms with E-state index >= 15 is 0 Å². The van der Waals surface area contributed by atoms with E-state index in [1.165, 1.54) is 6.07 Å². The molecule has 1 aliphatic rings. The summed E-state index contributed by atoms with van der Waals surface area (Å²) in [6, 6.07) is 6.96. The zero-order valence-electron chi connectivity index (χ0n) is 10.6. The van der Waals surface area contributed by atoms with E-state index in [4.69, 9.17) is 0 Å². The lowest BCUT2D eigenvalue weighted by Crippen LogP contribution is -2.11. The monoisotopic (exact) mass is 250 g/mol. The van der Waals surface area contributed by atoms with Crippen molar-refractivity contribution in [2.45, 2.75) is 38.0 Å². The first-order valence-electron chi connectivity index (χ1n) is 6.77. The fourth-order valence-electron chi connectivity index (χ4n) is 2.76. The third kappa shape index (κ3) is 3.66. The van der Waals surface area contributed by atoms with E-state index in [-0.39, 0.29) is 12.5 Å². The molecular formula is C16H20F2.